The highest BCUT2D eigenvalue weighted by Gasteiger charge is 2.43. The molecule has 1 atom stereocenters. The van der Waals surface area contributed by atoms with Crippen LogP contribution in [0.15, 0.2) is 12.4 Å². The first-order chi connectivity index (χ1) is 7.10. The quantitative estimate of drug-likeness (QED) is 0.658. The lowest BCUT2D eigenvalue weighted by Crippen LogP contribution is -2.53. The van der Waals surface area contributed by atoms with Gasteiger partial charge in [0.1, 0.15) is 5.82 Å². The Hall–Kier alpha value is -1.36. The van der Waals surface area contributed by atoms with Crippen LogP contribution in [0.2, 0.25) is 0 Å². The van der Waals surface area contributed by atoms with Crippen LogP contribution in [0.25, 0.3) is 0 Å². The number of H-pyrrole nitrogens is 1. The maximum absolute atomic E-state index is 11.8. The van der Waals surface area contributed by atoms with Crippen molar-refractivity contribution in [1.29, 1.82) is 0 Å². The van der Waals surface area contributed by atoms with Crippen LogP contribution in [-0.2, 0) is 11.3 Å². The maximum atomic E-state index is 11.8. The van der Waals surface area contributed by atoms with Gasteiger partial charge in [-0.1, -0.05) is 0 Å². The van der Waals surface area contributed by atoms with Gasteiger partial charge in [-0.05, 0) is 25.7 Å². The van der Waals surface area contributed by atoms with Crippen LogP contribution in [0.1, 0.15) is 25.6 Å². The number of aromatic amines is 1. The number of nitrogens with one attached hydrogen (secondary N) is 2. The molecule has 1 aromatic rings. The molecule has 1 amide bonds. The Morgan fingerprint density at radius 2 is 2.53 bits per heavy atom. The Bertz CT molecular complexity index is 340. The summed E-state index contributed by atoms with van der Waals surface area (Å²) in [5.74, 6) is 0.991. The molecule has 0 saturated heterocycles. The van der Waals surface area contributed by atoms with Crippen molar-refractivity contribution in [3.8, 4) is 0 Å². The van der Waals surface area contributed by atoms with E-state index >= 15 is 0 Å². The molecule has 15 heavy (non-hydrogen) atoms. The summed E-state index contributed by atoms with van der Waals surface area (Å²) in [5.41, 5.74) is 5.23. The van der Waals surface area contributed by atoms with E-state index in [4.69, 9.17) is 5.73 Å². The number of nitrogens with two attached hydrogens (primary N) is 1. The zero-order valence-corrected chi connectivity index (χ0v) is 8.79. The first kappa shape index (κ1) is 10.2. The Morgan fingerprint density at radius 3 is 3.07 bits per heavy atom. The molecule has 1 aliphatic rings. The maximum Gasteiger partial charge on any atom is 0.240 e. The largest absolute Gasteiger partial charge is 0.347 e. The predicted molar refractivity (Wildman–Crippen MR) is 55.8 cm³/mol. The predicted octanol–water partition coefficient (Wildman–Crippen LogP) is 0.153. The second kappa shape index (κ2) is 3.66. The van der Waals surface area contributed by atoms with Gasteiger partial charge in [-0.25, -0.2) is 4.98 Å². The molecule has 0 aliphatic heterocycles. The van der Waals surface area contributed by atoms with Gasteiger partial charge in [0.2, 0.25) is 5.91 Å². The van der Waals surface area contributed by atoms with E-state index in [2.05, 4.69) is 15.3 Å². The molecular weight excluding hydrogens is 192 g/mol. The minimum atomic E-state index is -0.730. The Balaban J connectivity index is 1.86. The number of nitrogens with zero attached hydrogens (tertiary/aromatic N) is 1. The third-order valence-electron chi connectivity index (χ3n) is 2.89. The van der Waals surface area contributed by atoms with Crippen molar-refractivity contribution in [3.63, 3.8) is 0 Å². The highest BCUT2D eigenvalue weighted by molar-refractivity contribution is 5.86. The standard InChI is InChI=1S/C10H16N4O/c1-10(11,7-2-3-7)9(15)14-6-8-12-4-5-13-8/h4-5,7H,2-3,6,11H2,1H3,(H,12,13)(H,14,15). The molecule has 0 bridgehead atoms. The van der Waals surface area contributed by atoms with Crippen molar-refractivity contribution in [1.82, 2.24) is 15.3 Å². The first-order valence-corrected chi connectivity index (χ1v) is 5.16. The summed E-state index contributed by atoms with van der Waals surface area (Å²) in [4.78, 5) is 18.7. The summed E-state index contributed by atoms with van der Waals surface area (Å²) in [7, 11) is 0. The summed E-state index contributed by atoms with van der Waals surface area (Å²) in [6.07, 6.45) is 5.50. The Labute approximate surface area is 88.5 Å². The zero-order valence-electron chi connectivity index (χ0n) is 8.79. The number of hydrogen-bond acceptors (Lipinski definition) is 3. The van der Waals surface area contributed by atoms with Gasteiger partial charge in [-0.2, -0.15) is 0 Å². The molecule has 1 aromatic heterocycles. The van der Waals surface area contributed by atoms with Crippen LogP contribution in [0.5, 0.6) is 0 Å². The van der Waals surface area contributed by atoms with Gasteiger partial charge in [0.05, 0.1) is 12.1 Å². The van der Waals surface area contributed by atoms with Crippen LogP contribution < -0.4 is 11.1 Å². The summed E-state index contributed by atoms with van der Waals surface area (Å²) in [5, 5.41) is 2.79. The van der Waals surface area contributed by atoms with Crippen molar-refractivity contribution in [2.75, 3.05) is 0 Å². The minimum Gasteiger partial charge on any atom is -0.347 e. The van der Waals surface area contributed by atoms with Gasteiger partial charge in [-0.3, -0.25) is 4.79 Å². The normalized spacial score (nSPS) is 19.6. The van der Waals surface area contributed by atoms with E-state index < -0.39 is 5.54 Å². The smallest absolute Gasteiger partial charge is 0.240 e. The Kier molecular flexibility index (Phi) is 2.48. The Morgan fingerprint density at radius 1 is 1.80 bits per heavy atom. The summed E-state index contributed by atoms with van der Waals surface area (Å²) < 4.78 is 0. The van der Waals surface area contributed by atoms with E-state index in [1.165, 1.54) is 0 Å². The topological polar surface area (TPSA) is 83.8 Å². The number of imidazole rings is 1. The van der Waals surface area contributed by atoms with Crippen molar-refractivity contribution in [3.05, 3.63) is 18.2 Å². The zero-order chi connectivity index (χ0) is 10.9. The van der Waals surface area contributed by atoms with Gasteiger partial charge in [0, 0.05) is 12.4 Å². The SMILES string of the molecule is CC(N)(C(=O)NCc1ncc[nH]1)C1CC1. The van der Waals surface area contributed by atoms with Crippen molar-refractivity contribution in [2.24, 2.45) is 11.7 Å². The number of rotatable bonds is 4. The average Bonchev–Trinajstić information content (AvgIpc) is 2.94. The molecule has 4 N–H and O–H groups in total. The van der Waals surface area contributed by atoms with E-state index in [9.17, 15) is 4.79 Å². The second-order valence-corrected chi connectivity index (χ2v) is 4.28. The third kappa shape index (κ3) is 2.18. The highest BCUT2D eigenvalue weighted by Crippen LogP contribution is 2.38. The van der Waals surface area contributed by atoms with Crippen LogP contribution >= 0.6 is 0 Å². The number of carbonyl (C=O) groups excluding carboxylic acids is 1. The van der Waals surface area contributed by atoms with E-state index in [1.807, 2.05) is 0 Å². The van der Waals surface area contributed by atoms with Crippen molar-refractivity contribution < 1.29 is 4.79 Å². The third-order valence-corrected chi connectivity index (χ3v) is 2.89. The molecule has 1 unspecified atom stereocenters. The molecule has 1 heterocycles. The van der Waals surface area contributed by atoms with E-state index in [1.54, 1.807) is 19.3 Å². The van der Waals surface area contributed by atoms with Crippen LogP contribution in [0.3, 0.4) is 0 Å². The number of hydrogen-bond donors (Lipinski definition) is 3. The number of aromatic nitrogens is 2. The lowest BCUT2D eigenvalue weighted by molar-refractivity contribution is -0.126. The molecule has 1 fully saturated rings. The van der Waals surface area contributed by atoms with Gasteiger partial charge < -0.3 is 16.0 Å². The van der Waals surface area contributed by atoms with Crippen molar-refractivity contribution in [2.45, 2.75) is 31.8 Å². The van der Waals surface area contributed by atoms with E-state index in [-0.39, 0.29) is 5.91 Å². The van der Waals surface area contributed by atoms with E-state index in [0.717, 1.165) is 18.7 Å². The molecule has 5 heteroatoms. The lowest BCUT2D eigenvalue weighted by Gasteiger charge is -2.22. The number of carbonyl (C=O) groups is 1. The molecule has 0 radical (unpaired) electrons. The fourth-order valence-electron chi connectivity index (χ4n) is 1.62. The monoisotopic (exact) mass is 208 g/mol. The fourth-order valence-corrected chi connectivity index (χ4v) is 1.62. The van der Waals surface area contributed by atoms with E-state index in [0.29, 0.717) is 12.5 Å². The minimum absolute atomic E-state index is 0.0959. The van der Waals surface area contributed by atoms with Crippen LogP contribution in [0.4, 0.5) is 0 Å². The lowest BCUT2D eigenvalue weighted by atomic mass is 9.96. The highest BCUT2D eigenvalue weighted by atomic mass is 16.2. The van der Waals surface area contributed by atoms with Gasteiger partial charge in [-0.15, -0.1) is 0 Å². The molecule has 1 saturated carbocycles. The average molecular weight is 208 g/mol. The molecule has 1 aliphatic carbocycles. The molecule has 2 rings (SSSR count). The summed E-state index contributed by atoms with van der Waals surface area (Å²) in [6.45, 7) is 2.20. The fraction of sp³-hybridized carbons (Fsp3) is 0.600. The van der Waals surface area contributed by atoms with Crippen LogP contribution in [0, 0.1) is 5.92 Å². The second-order valence-electron chi connectivity index (χ2n) is 4.28. The molecule has 82 valence electrons. The molecule has 0 spiro atoms. The van der Waals surface area contributed by atoms with Crippen molar-refractivity contribution >= 4 is 5.91 Å². The first-order valence-electron chi connectivity index (χ1n) is 5.16. The molecular formula is C10H16N4O. The van der Waals surface area contributed by atoms with Crippen LogP contribution in [-0.4, -0.2) is 21.4 Å². The molecule has 5 nitrogen and oxygen atoms in total. The summed E-state index contributed by atoms with van der Waals surface area (Å²) >= 11 is 0. The van der Waals surface area contributed by atoms with Gasteiger partial charge >= 0.3 is 0 Å². The van der Waals surface area contributed by atoms with Gasteiger partial charge in [0.25, 0.3) is 0 Å². The molecule has 0 aromatic carbocycles. The summed E-state index contributed by atoms with van der Waals surface area (Å²) in [6, 6.07) is 0. The number of amides is 1. The van der Waals surface area contributed by atoms with Gasteiger partial charge in [0.15, 0.2) is 0 Å².